The van der Waals surface area contributed by atoms with Crippen molar-refractivity contribution in [1.29, 1.82) is 0 Å². The summed E-state index contributed by atoms with van der Waals surface area (Å²) in [6, 6.07) is 0.513. The van der Waals surface area contributed by atoms with Gasteiger partial charge in [0, 0.05) is 20.2 Å². The monoisotopic (exact) mass is 307 g/mol. The lowest BCUT2D eigenvalue weighted by Gasteiger charge is -2.20. The van der Waals surface area contributed by atoms with Gasteiger partial charge in [-0.3, -0.25) is 14.9 Å². The number of amides is 1. The molecule has 114 valence electrons. The molecule has 8 nitrogen and oxygen atoms in total. The number of likely N-dealkylation sites (N-methyl/N-ethyl adjacent to an activating group) is 1. The van der Waals surface area contributed by atoms with E-state index < -0.39 is 39.9 Å². The number of nitroso groups, excluding NO2 is 1. The quantitative estimate of drug-likeness (QED) is 0.471. The van der Waals surface area contributed by atoms with Crippen molar-refractivity contribution in [2.75, 3.05) is 14.1 Å². The zero-order valence-corrected chi connectivity index (χ0v) is 10.7. The summed E-state index contributed by atoms with van der Waals surface area (Å²) in [4.78, 5) is 31.5. The average molecular weight is 307 g/mol. The van der Waals surface area contributed by atoms with Gasteiger partial charge in [-0.25, -0.2) is 0 Å². The highest BCUT2D eigenvalue weighted by atomic mass is 19.3. The number of nitrogens with zero attached hydrogens (tertiary/aromatic N) is 3. The van der Waals surface area contributed by atoms with Crippen LogP contribution < -0.4 is 4.74 Å². The second kappa shape index (κ2) is 5.73. The van der Waals surface area contributed by atoms with E-state index in [0.717, 1.165) is 14.1 Å². The molecule has 0 spiro atoms. The maximum absolute atomic E-state index is 13.4. The first-order chi connectivity index (χ1) is 9.60. The number of hydrogen-bond acceptors (Lipinski definition) is 6. The predicted octanol–water partition coefficient (Wildman–Crippen LogP) is 2.19. The molecule has 0 fully saturated rings. The molecule has 0 bridgehead atoms. The molecule has 0 aliphatic carbocycles. The van der Waals surface area contributed by atoms with Gasteiger partial charge in [-0.2, -0.15) is 13.2 Å². The van der Waals surface area contributed by atoms with E-state index in [1.54, 1.807) is 0 Å². The Morgan fingerprint density at radius 3 is 2.43 bits per heavy atom. The van der Waals surface area contributed by atoms with Crippen LogP contribution in [0.3, 0.4) is 0 Å². The van der Waals surface area contributed by atoms with E-state index in [2.05, 4.69) is 9.91 Å². The summed E-state index contributed by atoms with van der Waals surface area (Å²) in [7, 11) is 2.05. The zero-order chi connectivity index (χ0) is 16.4. The minimum atomic E-state index is -4.40. The summed E-state index contributed by atoms with van der Waals surface area (Å²) in [5.41, 5.74) is -2.08. The molecular weight excluding hydrogens is 299 g/mol. The Labute approximate surface area is 115 Å². The summed E-state index contributed by atoms with van der Waals surface area (Å²) in [5, 5.41) is 12.7. The van der Waals surface area contributed by atoms with Crippen LogP contribution in [0.25, 0.3) is 0 Å². The van der Waals surface area contributed by atoms with E-state index in [1.165, 1.54) is 0 Å². The van der Waals surface area contributed by atoms with Crippen molar-refractivity contribution in [3.8, 4) is 5.75 Å². The highest BCUT2D eigenvalue weighted by molar-refractivity contribution is 5.82. The summed E-state index contributed by atoms with van der Waals surface area (Å²) in [6.45, 7) is 0. The van der Waals surface area contributed by atoms with Crippen molar-refractivity contribution in [2.45, 2.75) is 6.11 Å². The van der Waals surface area contributed by atoms with Crippen LogP contribution >= 0.6 is 0 Å². The summed E-state index contributed by atoms with van der Waals surface area (Å²) in [6.07, 6.45) is -4.40. The number of benzene rings is 1. The SMILES string of the molecule is CN(C)C(=O)C(F)(F)Oc1cc(F)c([N+](=O)[O-])cc1N=O. The smallest absolute Gasteiger partial charge is 0.423 e. The summed E-state index contributed by atoms with van der Waals surface area (Å²) in [5.74, 6) is -4.37. The van der Waals surface area contributed by atoms with E-state index in [0.29, 0.717) is 11.0 Å². The van der Waals surface area contributed by atoms with Gasteiger partial charge in [-0.15, -0.1) is 4.91 Å². The minimum Gasteiger partial charge on any atom is -0.423 e. The Morgan fingerprint density at radius 2 is 2.00 bits per heavy atom. The summed E-state index contributed by atoms with van der Waals surface area (Å²) >= 11 is 0. The number of carbonyl (C=O) groups is 1. The van der Waals surface area contributed by atoms with Gasteiger partial charge in [-0.05, 0) is 5.18 Å². The Bertz CT molecular complexity index is 606. The number of hydrogen-bond donors (Lipinski definition) is 0. The fourth-order valence-electron chi connectivity index (χ4n) is 1.27. The third kappa shape index (κ3) is 3.43. The molecule has 1 rings (SSSR count). The number of alkyl halides is 2. The molecule has 0 aliphatic heterocycles. The molecule has 21 heavy (non-hydrogen) atoms. The first-order valence-electron chi connectivity index (χ1n) is 5.20. The molecule has 11 heteroatoms. The van der Waals surface area contributed by atoms with Gasteiger partial charge in [0.2, 0.25) is 5.82 Å². The van der Waals surface area contributed by atoms with Crippen LogP contribution in [0.1, 0.15) is 0 Å². The van der Waals surface area contributed by atoms with Gasteiger partial charge in [0.1, 0.15) is 0 Å². The van der Waals surface area contributed by atoms with Crippen molar-refractivity contribution >= 4 is 17.3 Å². The standard InChI is InChI=1S/C10H8F3N3O5/c1-15(2)9(17)10(12,13)21-8-3-5(11)7(16(19)20)4-6(8)14-18/h3-4H,1-2H3. The maximum Gasteiger partial charge on any atom is 0.482 e. The van der Waals surface area contributed by atoms with Crippen molar-refractivity contribution in [1.82, 2.24) is 4.90 Å². The van der Waals surface area contributed by atoms with E-state index in [9.17, 15) is 33.0 Å². The van der Waals surface area contributed by atoms with Gasteiger partial charge in [0.05, 0.1) is 11.0 Å². The van der Waals surface area contributed by atoms with E-state index in [4.69, 9.17) is 0 Å². The number of nitro benzene ring substituents is 1. The van der Waals surface area contributed by atoms with Crippen LogP contribution in [-0.2, 0) is 4.79 Å². The highest BCUT2D eigenvalue weighted by Gasteiger charge is 2.44. The number of nitro groups is 1. The van der Waals surface area contributed by atoms with Gasteiger partial charge < -0.3 is 9.64 Å². The van der Waals surface area contributed by atoms with Gasteiger partial charge in [0.25, 0.3) is 0 Å². The Balaban J connectivity index is 3.26. The van der Waals surface area contributed by atoms with Gasteiger partial charge >= 0.3 is 17.7 Å². The van der Waals surface area contributed by atoms with Crippen LogP contribution in [0.15, 0.2) is 17.3 Å². The third-order valence-corrected chi connectivity index (χ3v) is 2.22. The largest absolute Gasteiger partial charge is 0.482 e. The maximum atomic E-state index is 13.4. The fourth-order valence-corrected chi connectivity index (χ4v) is 1.27. The molecule has 1 aromatic rings. The molecule has 0 heterocycles. The van der Waals surface area contributed by atoms with E-state index >= 15 is 0 Å². The average Bonchev–Trinajstić information content (AvgIpc) is 2.37. The molecule has 0 atom stereocenters. The minimum absolute atomic E-state index is 0.186. The van der Waals surface area contributed by atoms with Gasteiger partial charge in [-0.1, -0.05) is 0 Å². The number of halogens is 3. The molecule has 0 saturated heterocycles. The molecule has 1 aromatic carbocycles. The van der Waals surface area contributed by atoms with Crippen molar-refractivity contribution in [3.63, 3.8) is 0 Å². The third-order valence-electron chi connectivity index (χ3n) is 2.22. The second-order valence-electron chi connectivity index (χ2n) is 3.94. The Morgan fingerprint density at radius 1 is 1.43 bits per heavy atom. The highest BCUT2D eigenvalue weighted by Crippen LogP contribution is 2.37. The van der Waals surface area contributed by atoms with Crippen molar-refractivity contribution in [3.05, 3.63) is 33.0 Å². The molecule has 0 aromatic heterocycles. The normalized spacial score (nSPS) is 10.9. The van der Waals surface area contributed by atoms with Crippen LogP contribution in [0, 0.1) is 20.8 Å². The van der Waals surface area contributed by atoms with Crippen LogP contribution in [0.5, 0.6) is 5.75 Å². The van der Waals surface area contributed by atoms with Gasteiger partial charge in [0.15, 0.2) is 11.4 Å². The molecule has 0 unspecified atom stereocenters. The predicted molar refractivity (Wildman–Crippen MR) is 62.8 cm³/mol. The van der Waals surface area contributed by atoms with Crippen LogP contribution in [0.4, 0.5) is 24.5 Å². The zero-order valence-electron chi connectivity index (χ0n) is 10.7. The Kier molecular flexibility index (Phi) is 4.45. The lowest BCUT2D eigenvalue weighted by molar-refractivity contribution is -0.387. The number of carbonyl (C=O) groups excluding carboxylic acids is 1. The molecule has 0 aliphatic rings. The van der Waals surface area contributed by atoms with E-state index in [1.807, 2.05) is 0 Å². The summed E-state index contributed by atoms with van der Waals surface area (Å²) < 4.78 is 44.2. The van der Waals surface area contributed by atoms with Crippen LogP contribution in [0.2, 0.25) is 0 Å². The first kappa shape index (κ1) is 16.3. The molecular formula is C10H8F3N3O5. The lowest BCUT2D eigenvalue weighted by atomic mass is 10.2. The first-order valence-corrected chi connectivity index (χ1v) is 5.20. The fraction of sp³-hybridized carbons (Fsp3) is 0.300. The number of ether oxygens (including phenoxy) is 1. The second-order valence-corrected chi connectivity index (χ2v) is 3.94. The molecule has 0 N–H and O–H groups in total. The molecule has 0 radical (unpaired) electrons. The van der Waals surface area contributed by atoms with Crippen molar-refractivity contribution in [2.24, 2.45) is 5.18 Å². The van der Waals surface area contributed by atoms with Crippen molar-refractivity contribution < 1.29 is 27.6 Å². The Hall–Kier alpha value is -2.72. The topological polar surface area (TPSA) is 102 Å². The number of rotatable bonds is 5. The van der Waals surface area contributed by atoms with Crippen LogP contribution in [-0.4, -0.2) is 35.9 Å². The molecule has 0 saturated carbocycles. The molecule has 1 amide bonds. The lowest BCUT2D eigenvalue weighted by Crippen LogP contribution is -2.43. The van der Waals surface area contributed by atoms with E-state index in [-0.39, 0.29) is 6.07 Å².